The molecule has 2 amide bonds. The number of hydrogen-bond donors (Lipinski definition) is 2. The van der Waals surface area contributed by atoms with Crippen molar-refractivity contribution in [1.82, 2.24) is 15.2 Å². The van der Waals surface area contributed by atoms with Crippen LogP contribution in [-0.2, 0) is 14.8 Å². The molecule has 0 atom stereocenters. The minimum atomic E-state index is -3.64. The lowest BCUT2D eigenvalue weighted by Gasteiger charge is -2.18. The van der Waals surface area contributed by atoms with E-state index in [4.69, 9.17) is 0 Å². The summed E-state index contributed by atoms with van der Waals surface area (Å²) in [6.07, 6.45) is 3.72. The maximum Gasteiger partial charge on any atom is 0.269 e. The second-order valence-corrected chi connectivity index (χ2v) is 7.98. The minimum Gasteiger partial charge on any atom is -0.273 e. The van der Waals surface area contributed by atoms with Gasteiger partial charge in [-0.2, -0.15) is 4.31 Å². The van der Waals surface area contributed by atoms with Crippen LogP contribution in [0.2, 0.25) is 0 Å². The van der Waals surface area contributed by atoms with E-state index in [1.807, 2.05) is 0 Å². The third-order valence-electron chi connectivity index (χ3n) is 4.46. The molecule has 8 heteroatoms. The third kappa shape index (κ3) is 4.58. The van der Waals surface area contributed by atoms with Crippen molar-refractivity contribution >= 4 is 21.8 Å². The van der Waals surface area contributed by atoms with Crippen LogP contribution in [-0.4, -0.2) is 37.6 Å². The molecule has 1 aromatic carbocycles. The molecule has 2 rings (SSSR count). The van der Waals surface area contributed by atoms with Crippen molar-refractivity contribution in [3.63, 3.8) is 0 Å². The van der Waals surface area contributed by atoms with E-state index in [1.54, 1.807) is 13.8 Å². The van der Waals surface area contributed by atoms with E-state index in [9.17, 15) is 18.0 Å². The van der Waals surface area contributed by atoms with Gasteiger partial charge in [0, 0.05) is 24.6 Å². The van der Waals surface area contributed by atoms with Gasteiger partial charge >= 0.3 is 0 Å². The average molecular weight is 367 g/mol. The lowest BCUT2D eigenvalue weighted by Crippen LogP contribution is -2.44. The molecule has 25 heavy (non-hydrogen) atoms. The zero-order valence-corrected chi connectivity index (χ0v) is 15.4. The topological polar surface area (TPSA) is 95.6 Å². The quantitative estimate of drug-likeness (QED) is 0.748. The molecule has 0 saturated heterocycles. The Kier molecular flexibility index (Phi) is 6.55. The van der Waals surface area contributed by atoms with Crippen LogP contribution in [0.1, 0.15) is 49.9 Å². The summed E-state index contributed by atoms with van der Waals surface area (Å²) in [7, 11) is -3.64. The van der Waals surface area contributed by atoms with E-state index in [0.29, 0.717) is 13.1 Å². The molecule has 1 aromatic rings. The Morgan fingerprint density at radius 1 is 1.12 bits per heavy atom. The number of hydrogen-bond acceptors (Lipinski definition) is 4. The van der Waals surface area contributed by atoms with Crippen LogP contribution >= 0.6 is 0 Å². The monoisotopic (exact) mass is 367 g/mol. The van der Waals surface area contributed by atoms with Crippen LogP contribution in [0.3, 0.4) is 0 Å². The summed E-state index contributed by atoms with van der Waals surface area (Å²) in [5.41, 5.74) is 4.97. The highest BCUT2D eigenvalue weighted by molar-refractivity contribution is 7.89. The van der Waals surface area contributed by atoms with Gasteiger partial charge < -0.3 is 0 Å². The molecule has 1 fully saturated rings. The van der Waals surface area contributed by atoms with Gasteiger partial charge in [-0.3, -0.25) is 20.4 Å². The smallest absolute Gasteiger partial charge is 0.269 e. The summed E-state index contributed by atoms with van der Waals surface area (Å²) >= 11 is 0. The second-order valence-electron chi connectivity index (χ2n) is 6.04. The molecular weight excluding hydrogens is 342 g/mol. The van der Waals surface area contributed by atoms with Crippen LogP contribution in [0.15, 0.2) is 29.2 Å². The van der Waals surface area contributed by atoms with E-state index in [0.717, 1.165) is 25.7 Å². The van der Waals surface area contributed by atoms with Gasteiger partial charge in [-0.1, -0.05) is 32.8 Å². The zero-order valence-electron chi connectivity index (χ0n) is 14.6. The molecule has 1 saturated carbocycles. The first-order valence-electron chi connectivity index (χ1n) is 8.60. The van der Waals surface area contributed by atoms with Gasteiger partial charge in [-0.15, -0.1) is 0 Å². The first-order valence-corrected chi connectivity index (χ1v) is 10.0. The standard InChI is InChI=1S/C17H25N3O4S/c1-3-20(4-2)25(23,24)15-11-7-10-14(12-15)17(22)19-18-16(21)13-8-5-6-9-13/h7,10-13H,3-6,8-9H2,1-2H3,(H,18,21)(H,19,22). The van der Waals surface area contributed by atoms with Gasteiger partial charge in [0.1, 0.15) is 0 Å². The predicted octanol–water partition coefficient (Wildman–Crippen LogP) is 1.67. The molecule has 0 unspecified atom stereocenters. The van der Waals surface area contributed by atoms with Crippen LogP contribution in [0, 0.1) is 5.92 Å². The number of nitrogens with one attached hydrogen (secondary N) is 2. The van der Waals surface area contributed by atoms with Crippen LogP contribution in [0.25, 0.3) is 0 Å². The summed E-state index contributed by atoms with van der Waals surface area (Å²) in [5.74, 6) is -0.796. The highest BCUT2D eigenvalue weighted by Crippen LogP contribution is 2.24. The van der Waals surface area contributed by atoms with Gasteiger partial charge in [0.25, 0.3) is 5.91 Å². The molecule has 0 heterocycles. The molecule has 1 aliphatic carbocycles. The van der Waals surface area contributed by atoms with Crippen molar-refractivity contribution in [3.05, 3.63) is 29.8 Å². The number of nitrogens with zero attached hydrogens (tertiary/aromatic N) is 1. The number of rotatable bonds is 6. The molecule has 138 valence electrons. The lowest BCUT2D eigenvalue weighted by molar-refractivity contribution is -0.125. The van der Waals surface area contributed by atoms with Crippen molar-refractivity contribution in [2.24, 2.45) is 5.92 Å². The van der Waals surface area contributed by atoms with Crippen molar-refractivity contribution in [2.75, 3.05) is 13.1 Å². The fraction of sp³-hybridized carbons (Fsp3) is 0.529. The normalized spacial score (nSPS) is 15.3. The fourth-order valence-electron chi connectivity index (χ4n) is 2.99. The predicted molar refractivity (Wildman–Crippen MR) is 94.1 cm³/mol. The minimum absolute atomic E-state index is 0.0605. The van der Waals surface area contributed by atoms with Crippen LogP contribution in [0.5, 0.6) is 0 Å². The molecule has 2 N–H and O–H groups in total. The Balaban J connectivity index is 2.07. The largest absolute Gasteiger partial charge is 0.273 e. The van der Waals surface area contributed by atoms with Crippen molar-refractivity contribution in [3.8, 4) is 0 Å². The van der Waals surface area contributed by atoms with E-state index in [-0.39, 0.29) is 22.3 Å². The first-order chi connectivity index (χ1) is 11.9. The second kappa shape index (κ2) is 8.44. The summed E-state index contributed by atoms with van der Waals surface area (Å²) < 4.78 is 26.4. The molecule has 0 bridgehead atoms. The average Bonchev–Trinajstić information content (AvgIpc) is 3.15. The number of sulfonamides is 1. The van der Waals surface area contributed by atoms with E-state index >= 15 is 0 Å². The molecule has 0 radical (unpaired) electrons. The Morgan fingerprint density at radius 3 is 2.36 bits per heavy atom. The van der Waals surface area contributed by atoms with E-state index in [2.05, 4.69) is 10.9 Å². The van der Waals surface area contributed by atoms with E-state index < -0.39 is 15.9 Å². The maximum absolute atomic E-state index is 12.5. The van der Waals surface area contributed by atoms with Gasteiger partial charge in [-0.05, 0) is 31.0 Å². The molecule has 0 aliphatic heterocycles. The van der Waals surface area contributed by atoms with Gasteiger partial charge in [0.2, 0.25) is 15.9 Å². The van der Waals surface area contributed by atoms with Crippen LogP contribution < -0.4 is 10.9 Å². The number of carbonyl (C=O) groups is 2. The first kappa shape index (κ1) is 19.4. The zero-order chi connectivity index (χ0) is 18.4. The fourth-order valence-corrected chi connectivity index (χ4v) is 4.50. The number of amides is 2. The summed E-state index contributed by atoms with van der Waals surface area (Å²) in [4.78, 5) is 24.2. The van der Waals surface area contributed by atoms with Crippen LogP contribution in [0.4, 0.5) is 0 Å². The molecule has 0 aromatic heterocycles. The molecular formula is C17H25N3O4S. The van der Waals surface area contributed by atoms with Crippen molar-refractivity contribution in [2.45, 2.75) is 44.4 Å². The Bertz CT molecular complexity index is 723. The molecule has 0 spiro atoms. The highest BCUT2D eigenvalue weighted by atomic mass is 32.2. The Labute approximate surface area is 148 Å². The lowest BCUT2D eigenvalue weighted by atomic mass is 10.1. The van der Waals surface area contributed by atoms with Crippen molar-refractivity contribution in [1.29, 1.82) is 0 Å². The highest BCUT2D eigenvalue weighted by Gasteiger charge is 2.24. The third-order valence-corrected chi connectivity index (χ3v) is 6.51. The summed E-state index contributed by atoms with van der Waals surface area (Å²) in [6, 6.07) is 5.81. The summed E-state index contributed by atoms with van der Waals surface area (Å²) in [5, 5.41) is 0. The Hall–Kier alpha value is -1.93. The molecule has 7 nitrogen and oxygen atoms in total. The van der Waals surface area contributed by atoms with Crippen molar-refractivity contribution < 1.29 is 18.0 Å². The van der Waals surface area contributed by atoms with Gasteiger partial charge in [0.15, 0.2) is 0 Å². The summed E-state index contributed by atoms with van der Waals surface area (Å²) in [6.45, 7) is 4.23. The van der Waals surface area contributed by atoms with E-state index in [1.165, 1.54) is 28.6 Å². The number of benzene rings is 1. The van der Waals surface area contributed by atoms with Gasteiger partial charge in [-0.25, -0.2) is 8.42 Å². The molecule has 1 aliphatic rings. The number of hydrazine groups is 1. The van der Waals surface area contributed by atoms with Gasteiger partial charge in [0.05, 0.1) is 4.90 Å². The number of carbonyl (C=O) groups excluding carboxylic acids is 2. The maximum atomic E-state index is 12.5. The Morgan fingerprint density at radius 2 is 1.76 bits per heavy atom. The SMILES string of the molecule is CCN(CC)S(=O)(=O)c1cccc(C(=O)NNC(=O)C2CCCC2)c1.